The lowest BCUT2D eigenvalue weighted by molar-refractivity contribution is 0.182. The van der Waals surface area contributed by atoms with Crippen molar-refractivity contribution < 1.29 is 5.21 Å². The van der Waals surface area contributed by atoms with Crippen molar-refractivity contribution in [3.8, 4) is 11.1 Å². The maximum absolute atomic E-state index is 11.8. The number of anilines is 1. The van der Waals surface area contributed by atoms with Gasteiger partial charge in [-0.3, -0.25) is 4.98 Å². The first kappa shape index (κ1) is 15.8. The van der Waals surface area contributed by atoms with Crippen LogP contribution in [-0.4, -0.2) is 24.9 Å². The van der Waals surface area contributed by atoms with Gasteiger partial charge in [0, 0.05) is 25.1 Å². The Morgan fingerprint density at radius 3 is 2.73 bits per heavy atom. The maximum atomic E-state index is 11.8. The van der Waals surface area contributed by atoms with Gasteiger partial charge in [-0.15, -0.1) is 4.73 Å². The van der Waals surface area contributed by atoms with Crippen LogP contribution in [0.25, 0.3) is 22.2 Å². The number of fused-ring (bicyclic) bond motifs is 1. The molecule has 4 rings (SSSR count). The second kappa shape index (κ2) is 6.64. The number of nitrogens with zero attached hydrogens (tertiary/aromatic N) is 4. The number of rotatable bonds is 4. The van der Waals surface area contributed by atoms with E-state index in [4.69, 9.17) is 0 Å². The summed E-state index contributed by atoms with van der Waals surface area (Å²) in [7, 11) is 0. The molecule has 1 aromatic carbocycles. The second-order valence-electron chi connectivity index (χ2n) is 5.72. The number of benzene rings is 1. The number of nitrogens with one attached hydrogen (secondary N) is 1. The summed E-state index contributed by atoms with van der Waals surface area (Å²) in [6, 6.07) is 15.4. The van der Waals surface area contributed by atoms with Crippen molar-refractivity contribution in [3.05, 3.63) is 83.2 Å². The van der Waals surface area contributed by atoms with Crippen LogP contribution in [0.2, 0.25) is 0 Å². The molecular weight excluding hydrogens is 330 g/mol. The molecule has 0 amide bonds. The molecule has 0 bridgehead atoms. The van der Waals surface area contributed by atoms with Crippen LogP contribution in [0.3, 0.4) is 0 Å². The zero-order valence-corrected chi connectivity index (χ0v) is 13.7. The van der Waals surface area contributed by atoms with E-state index in [1.165, 1.54) is 6.20 Å². The zero-order chi connectivity index (χ0) is 17.9. The lowest BCUT2D eigenvalue weighted by atomic mass is 10.0. The third-order valence-corrected chi connectivity index (χ3v) is 4.01. The van der Waals surface area contributed by atoms with Gasteiger partial charge in [0.2, 0.25) is 0 Å². The summed E-state index contributed by atoms with van der Waals surface area (Å²) < 4.78 is 0.448. The Morgan fingerprint density at radius 2 is 1.88 bits per heavy atom. The first-order valence-corrected chi connectivity index (χ1v) is 8.02. The van der Waals surface area contributed by atoms with Gasteiger partial charge in [0.15, 0.2) is 5.65 Å². The molecule has 2 N–H and O–H groups in total. The van der Waals surface area contributed by atoms with Gasteiger partial charge in [-0.25, -0.2) is 9.78 Å². The predicted molar refractivity (Wildman–Crippen MR) is 98.0 cm³/mol. The molecule has 128 valence electrons. The number of hydrogen-bond donors (Lipinski definition) is 2. The van der Waals surface area contributed by atoms with Crippen LogP contribution in [0.1, 0.15) is 5.56 Å². The van der Waals surface area contributed by atoms with Crippen molar-refractivity contribution in [2.75, 3.05) is 5.32 Å². The number of hydrogen-bond acceptors (Lipinski definition) is 6. The zero-order valence-electron chi connectivity index (χ0n) is 13.7. The van der Waals surface area contributed by atoms with E-state index < -0.39 is 5.69 Å². The first-order chi connectivity index (χ1) is 12.7. The molecule has 0 aliphatic carbocycles. The topological polar surface area (TPSA) is 92.9 Å². The van der Waals surface area contributed by atoms with E-state index >= 15 is 0 Å². The minimum absolute atomic E-state index is 0.166. The monoisotopic (exact) mass is 345 g/mol. The summed E-state index contributed by atoms with van der Waals surface area (Å²) >= 11 is 0. The largest absolute Gasteiger partial charge is 0.422 e. The fourth-order valence-electron chi connectivity index (χ4n) is 2.76. The van der Waals surface area contributed by atoms with Crippen LogP contribution in [0.4, 0.5) is 5.82 Å². The molecule has 0 unspecified atom stereocenters. The lowest BCUT2D eigenvalue weighted by Crippen LogP contribution is -2.23. The minimum atomic E-state index is -0.775. The lowest BCUT2D eigenvalue weighted by Gasteiger charge is -2.10. The summed E-state index contributed by atoms with van der Waals surface area (Å²) in [6.07, 6.45) is 5.06. The highest BCUT2D eigenvalue weighted by atomic mass is 16.5. The molecule has 0 fully saturated rings. The summed E-state index contributed by atoms with van der Waals surface area (Å²) in [5.74, 6) is 0.384. The van der Waals surface area contributed by atoms with Gasteiger partial charge >= 0.3 is 5.69 Å². The van der Waals surface area contributed by atoms with E-state index in [0.29, 0.717) is 22.5 Å². The van der Waals surface area contributed by atoms with Crippen LogP contribution in [0.5, 0.6) is 0 Å². The van der Waals surface area contributed by atoms with Crippen molar-refractivity contribution in [3.63, 3.8) is 0 Å². The van der Waals surface area contributed by atoms with Gasteiger partial charge in [0.05, 0.1) is 5.39 Å². The molecule has 26 heavy (non-hydrogen) atoms. The van der Waals surface area contributed by atoms with Crippen LogP contribution < -0.4 is 11.0 Å². The van der Waals surface area contributed by atoms with Gasteiger partial charge in [0.1, 0.15) is 5.82 Å². The molecule has 0 spiro atoms. The predicted octanol–water partition coefficient (Wildman–Crippen LogP) is 2.70. The van der Waals surface area contributed by atoms with Crippen molar-refractivity contribution in [1.29, 1.82) is 0 Å². The molecule has 0 atom stereocenters. The van der Waals surface area contributed by atoms with E-state index in [9.17, 15) is 10.0 Å². The summed E-state index contributed by atoms with van der Waals surface area (Å²) in [5.41, 5.74) is 2.51. The van der Waals surface area contributed by atoms with Gasteiger partial charge in [0.25, 0.3) is 0 Å². The highest BCUT2D eigenvalue weighted by Gasteiger charge is 2.10. The van der Waals surface area contributed by atoms with Crippen molar-refractivity contribution in [1.82, 2.24) is 19.7 Å². The van der Waals surface area contributed by atoms with E-state index in [0.717, 1.165) is 16.7 Å². The standard InChI is InChI=1S/C19H15N5O2/c25-19-23-17(16-7-3-9-21-18(16)24(19)26)22-11-13-4-1-5-14(10-13)15-6-2-8-20-12-15/h1-10,12,26H,11H2,(H,22,23,25). The highest BCUT2D eigenvalue weighted by molar-refractivity contribution is 5.86. The van der Waals surface area contributed by atoms with Gasteiger partial charge in [-0.1, -0.05) is 24.3 Å². The van der Waals surface area contributed by atoms with Crippen molar-refractivity contribution in [2.45, 2.75) is 6.54 Å². The van der Waals surface area contributed by atoms with E-state index in [1.54, 1.807) is 18.3 Å². The first-order valence-electron chi connectivity index (χ1n) is 8.02. The van der Waals surface area contributed by atoms with Gasteiger partial charge in [-0.05, 0) is 41.0 Å². The molecule has 3 heterocycles. The molecule has 0 saturated carbocycles. The maximum Gasteiger partial charge on any atom is 0.384 e. The molecule has 0 radical (unpaired) electrons. The molecule has 0 saturated heterocycles. The average molecular weight is 345 g/mol. The molecule has 4 aromatic rings. The number of pyridine rings is 2. The molecular formula is C19H15N5O2. The fourth-order valence-corrected chi connectivity index (χ4v) is 2.76. The molecule has 0 aliphatic rings. The quantitative estimate of drug-likeness (QED) is 0.553. The van der Waals surface area contributed by atoms with E-state index in [1.807, 2.05) is 36.5 Å². The van der Waals surface area contributed by atoms with Gasteiger partial charge in [-0.2, -0.15) is 4.98 Å². The van der Waals surface area contributed by atoms with Gasteiger partial charge < -0.3 is 10.5 Å². The van der Waals surface area contributed by atoms with E-state index in [-0.39, 0.29) is 5.65 Å². The Morgan fingerprint density at radius 1 is 1.04 bits per heavy atom. The summed E-state index contributed by atoms with van der Waals surface area (Å²) in [6.45, 7) is 0.472. The molecule has 0 aliphatic heterocycles. The Labute approximate surface area is 148 Å². The Bertz CT molecular complexity index is 1130. The molecule has 7 nitrogen and oxygen atoms in total. The fraction of sp³-hybridized carbons (Fsp3) is 0.0526. The molecule has 7 heteroatoms. The number of aromatic nitrogens is 4. The highest BCUT2D eigenvalue weighted by Crippen LogP contribution is 2.21. The SMILES string of the molecule is O=c1nc(NCc2cccc(-c3cccnc3)c2)c2cccnc2n1O. The molecule has 3 aromatic heterocycles. The van der Waals surface area contributed by atoms with Crippen LogP contribution in [-0.2, 0) is 6.54 Å². The minimum Gasteiger partial charge on any atom is -0.422 e. The van der Waals surface area contributed by atoms with Crippen molar-refractivity contribution >= 4 is 16.9 Å². The van der Waals surface area contributed by atoms with Crippen LogP contribution >= 0.6 is 0 Å². The van der Waals surface area contributed by atoms with E-state index in [2.05, 4.69) is 26.3 Å². The smallest absolute Gasteiger partial charge is 0.384 e. The Hall–Kier alpha value is -3.74. The Kier molecular flexibility index (Phi) is 4.03. The normalized spacial score (nSPS) is 10.8. The summed E-state index contributed by atoms with van der Waals surface area (Å²) in [5, 5.41) is 13.5. The average Bonchev–Trinajstić information content (AvgIpc) is 2.70. The third kappa shape index (κ3) is 2.98. The second-order valence-corrected chi connectivity index (χ2v) is 5.72. The Balaban J connectivity index is 1.64. The van der Waals surface area contributed by atoms with Crippen LogP contribution in [0.15, 0.2) is 71.9 Å². The third-order valence-electron chi connectivity index (χ3n) is 4.01. The van der Waals surface area contributed by atoms with Crippen molar-refractivity contribution in [2.24, 2.45) is 0 Å². The van der Waals surface area contributed by atoms with Crippen LogP contribution in [0, 0.1) is 0 Å². The summed E-state index contributed by atoms with van der Waals surface area (Å²) in [4.78, 5) is 23.9.